The van der Waals surface area contributed by atoms with Crippen LogP contribution in [-0.4, -0.2) is 52.4 Å². The van der Waals surface area contributed by atoms with Crippen LogP contribution in [0, 0.1) is 0 Å². The van der Waals surface area contributed by atoms with Crippen molar-refractivity contribution < 1.29 is 13.2 Å². The van der Waals surface area contributed by atoms with Crippen molar-refractivity contribution >= 4 is 44.5 Å². The molecule has 0 N–H and O–H groups in total. The summed E-state index contributed by atoms with van der Waals surface area (Å²) in [6, 6.07) is 13.0. The number of nitrogens with zero attached hydrogens (tertiary/aromatic N) is 4. The highest BCUT2D eigenvalue weighted by Crippen LogP contribution is 2.27. The normalized spacial score (nSPS) is 17.8. The Bertz CT molecular complexity index is 1110. The molecule has 2 aromatic heterocycles. The Morgan fingerprint density at radius 2 is 2.03 bits per heavy atom. The number of anilines is 1. The first-order chi connectivity index (χ1) is 14.4. The summed E-state index contributed by atoms with van der Waals surface area (Å²) in [7, 11) is -1.21. The van der Waals surface area contributed by atoms with Gasteiger partial charge in [-0.1, -0.05) is 36.0 Å². The number of rotatable bonds is 7. The lowest BCUT2D eigenvalue weighted by Gasteiger charge is -2.28. The van der Waals surface area contributed by atoms with Gasteiger partial charge in [-0.3, -0.25) is 4.79 Å². The van der Waals surface area contributed by atoms with E-state index in [0.29, 0.717) is 18.0 Å². The number of carbonyl (C=O) groups is 1. The van der Waals surface area contributed by atoms with E-state index in [2.05, 4.69) is 16.3 Å². The zero-order chi connectivity index (χ0) is 21.1. The molecule has 3 aromatic rings. The molecule has 0 bridgehead atoms. The molecule has 158 valence electrons. The third kappa shape index (κ3) is 4.76. The molecule has 0 saturated carbocycles. The Labute approximate surface area is 184 Å². The third-order valence-electron chi connectivity index (χ3n) is 5.04. The highest BCUT2D eigenvalue weighted by atomic mass is 32.2. The van der Waals surface area contributed by atoms with Crippen molar-refractivity contribution in [3.63, 3.8) is 0 Å². The summed E-state index contributed by atoms with van der Waals surface area (Å²) in [4.78, 5) is 16.0. The summed E-state index contributed by atoms with van der Waals surface area (Å²) in [6.07, 6.45) is 1.16. The fourth-order valence-corrected chi connectivity index (χ4v) is 6.71. The second kappa shape index (κ2) is 8.91. The van der Waals surface area contributed by atoms with Crippen molar-refractivity contribution in [2.24, 2.45) is 7.05 Å². The lowest BCUT2D eigenvalue weighted by Crippen LogP contribution is -2.42. The summed E-state index contributed by atoms with van der Waals surface area (Å²) in [5.41, 5.74) is 0.724. The fourth-order valence-electron chi connectivity index (χ4n) is 3.52. The molecule has 3 heterocycles. The highest BCUT2D eigenvalue weighted by molar-refractivity contribution is 7.99. The number of thiophene rings is 1. The van der Waals surface area contributed by atoms with Gasteiger partial charge in [0.2, 0.25) is 5.91 Å². The van der Waals surface area contributed by atoms with Crippen LogP contribution in [0.5, 0.6) is 0 Å². The molecule has 7 nitrogen and oxygen atoms in total. The van der Waals surface area contributed by atoms with Gasteiger partial charge in [-0.25, -0.2) is 8.42 Å². The zero-order valence-corrected chi connectivity index (χ0v) is 18.9. The maximum absolute atomic E-state index is 13.1. The molecule has 1 unspecified atom stereocenters. The van der Waals surface area contributed by atoms with Gasteiger partial charge in [0.25, 0.3) is 0 Å². The van der Waals surface area contributed by atoms with Crippen molar-refractivity contribution in [3.8, 4) is 0 Å². The van der Waals surface area contributed by atoms with Crippen molar-refractivity contribution in [2.75, 3.05) is 22.2 Å². The van der Waals surface area contributed by atoms with Crippen LogP contribution in [0.1, 0.15) is 17.1 Å². The Balaban J connectivity index is 1.47. The van der Waals surface area contributed by atoms with Crippen LogP contribution in [0.2, 0.25) is 0 Å². The topological polar surface area (TPSA) is 85.2 Å². The van der Waals surface area contributed by atoms with Gasteiger partial charge in [-0.2, -0.15) is 0 Å². The number of hydrogen-bond donors (Lipinski definition) is 0. The van der Waals surface area contributed by atoms with Gasteiger partial charge in [0.15, 0.2) is 15.0 Å². The number of amides is 1. The predicted molar refractivity (Wildman–Crippen MR) is 120 cm³/mol. The van der Waals surface area contributed by atoms with E-state index in [9.17, 15) is 13.2 Å². The van der Waals surface area contributed by atoms with Crippen LogP contribution < -0.4 is 4.90 Å². The summed E-state index contributed by atoms with van der Waals surface area (Å²) in [5.74, 6) is 1.01. The number of para-hydroxylation sites is 1. The molecule has 1 saturated heterocycles. The number of thioether (sulfide) groups is 1. The van der Waals surface area contributed by atoms with Gasteiger partial charge < -0.3 is 9.47 Å². The van der Waals surface area contributed by atoms with Crippen molar-refractivity contribution in [1.82, 2.24) is 14.8 Å². The molecule has 1 aromatic carbocycles. The van der Waals surface area contributed by atoms with Gasteiger partial charge in [0.05, 0.1) is 23.3 Å². The lowest BCUT2D eigenvalue weighted by molar-refractivity contribution is -0.116. The van der Waals surface area contributed by atoms with Gasteiger partial charge in [0, 0.05) is 24.0 Å². The van der Waals surface area contributed by atoms with Crippen molar-refractivity contribution in [1.29, 1.82) is 0 Å². The van der Waals surface area contributed by atoms with Gasteiger partial charge in [-0.15, -0.1) is 21.5 Å². The molecule has 30 heavy (non-hydrogen) atoms. The molecule has 1 atom stereocenters. The number of carbonyl (C=O) groups excluding carboxylic acids is 1. The third-order valence-corrected chi connectivity index (χ3v) is 8.67. The first-order valence-corrected chi connectivity index (χ1v) is 13.2. The quantitative estimate of drug-likeness (QED) is 0.502. The van der Waals surface area contributed by atoms with E-state index in [4.69, 9.17) is 0 Å². The van der Waals surface area contributed by atoms with Crippen LogP contribution in [-0.2, 0) is 28.1 Å². The molecule has 0 spiro atoms. The van der Waals surface area contributed by atoms with E-state index in [1.807, 2.05) is 53.4 Å². The summed E-state index contributed by atoms with van der Waals surface area (Å²) in [5, 5.41) is 11.2. The molecule has 0 aliphatic carbocycles. The molecule has 10 heteroatoms. The van der Waals surface area contributed by atoms with E-state index in [0.717, 1.165) is 11.5 Å². The Kier molecular flexibility index (Phi) is 6.26. The predicted octanol–water partition coefficient (Wildman–Crippen LogP) is 2.78. The minimum absolute atomic E-state index is 0.00717. The zero-order valence-electron chi connectivity index (χ0n) is 16.5. The Morgan fingerprint density at radius 3 is 2.70 bits per heavy atom. The van der Waals surface area contributed by atoms with Crippen LogP contribution in [0.25, 0.3) is 0 Å². The largest absolute Gasteiger partial charge is 0.309 e. The van der Waals surface area contributed by atoms with Gasteiger partial charge in [0.1, 0.15) is 5.82 Å². The molecular weight excluding hydrogens is 440 g/mol. The van der Waals surface area contributed by atoms with E-state index < -0.39 is 9.84 Å². The summed E-state index contributed by atoms with van der Waals surface area (Å²) < 4.78 is 25.9. The highest BCUT2D eigenvalue weighted by Gasteiger charge is 2.35. The van der Waals surface area contributed by atoms with Crippen LogP contribution in [0.4, 0.5) is 5.69 Å². The minimum atomic E-state index is -3.10. The van der Waals surface area contributed by atoms with Crippen molar-refractivity contribution in [3.05, 3.63) is 58.5 Å². The number of sulfone groups is 1. The standard InChI is InChI=1S/C20H22N4O3S3/c1-23-18(12-17-8-5-10-28-17)21-22-20(23)29-13-19(25)24(15-6-3-2-4-7-15)16-9-11-30(26,27)14-16/h2-8,10,16H,9,11-14H2,1H3. The molecule has 1 fully saturated rings. The van der Waals surface area contributed by atoms with E-state index in [1.165, 1.54) is 16.6 Å². The molecular formula is C20H22N4O3S3. The Morgan fingerprint density at radius 1 is 1.23 bits per heavy atom. The van der Waals surface area contributed by atoms with E-state index in [1.54, 1.807) is 16.2 Å². The second-order valence-corrected chi connectivity index (χ2v) is 11.4. The van der Waals surface area contributed by atoms with Crippen LogP contribution in [0.3, 0.4) is 0 Å². The van der Waals surface area contributed by atoms with Crippen LogP contribution >= 0.6 is 23.1 Å². The molecule has 1 amide bonds. The maximum Gasteiger partial charge on any atom is 0.237 e. The molecule has 1 aliphatic heterocycles. The molecule has 0 radical (unpaired) electrons. The fraction of sp³-hybridized carbons (Fsp3) is 0.350. The Hall–Kier alpha value is -2.17. The molecule has 4 rings (SSSR count). The SMILES string of the molecule is Cn1c(Cc2cccs2)nnc1SCC(=O)N(c1ccccc1)C1CCS(=O)(=O)C1. The number of benzene rings is 1. The first-order valence-electron chi connectivity index (χ1n) is 9.54. The average molecular weight is 463 g/mol. The van der Waals surface area contributed by atoms with Gasteiger partial charge in [-0.05, 0) is 30.0 Å². The number of hydrogen-bond acceptors (Lipinski definition) is 7. The van der Waals surface area contributed by atoms with E-state index in [-0.39, 0.29) is 29.2 Å². The molecule has 1 aliphatic rings. The van der Waals surface area contributed by atoms with Crippen LogP contribution in [0.15, 0.2) is 53.0 Å². The average Bonchev–Trinajstić information content (AvgIpc) is 3.44. The lowest BCUT2D eigenvalue weighted by atomic mass is 10.2. The second-order valence-electron chi connectivity index (χ2n) is 7.16. The van der Waals surface area contributed by atoms with Crippen molar-refractivity contribution in [2.45, 2.75) is 24.0 Å². The summed E-state index contributed by atoms with van der Waals surface area (Å²) >= 11 is 2.99. The van der Waals surface area contributed by atoms with Gasteiger partial charge >= 0.3 is 0 Å². The monoisotopic (exact) mass is 462 g/mol. The first kappa shape index (κ1) is 21.1. The minimum Gasteiger partial charge on any atom is -0.309 e. The van der Waals surface area contributed by atoms with E-state index >= 15 is 0 Å². The maximum atomic E-state index is 13.1. The summed E-state index contributed by atoms with van der Waals surface area (Å²) in [6.45, 7) is 0. The number of aromatic nitrogens is 3. The smallest absolute Gasteiger partial charge is 0.237 e.